The van der Waals surface area contributed by atoms with Gasteiger partial charge in [-0.3, -0.25) is 9.59 Å². The second-order valence-electron chi connectivity index (χ2n) is 5.97. The van der Waals surface area contributed by atoms with Gasteiger partial charge >= 0.3 is 0 Å². The van der Waals surface area contributed by atoms with Gasteiger partial charge in [0, 0.05) is 36.3 Å². The molecular weight excluding hydrogens is 324 g/mol. The fourth-order valence-electron chi connectivity index (χ4n) is 2.89. The number of aromatic nitrogens is 1. The van der Waals surface area contributed by atoms with Crippen molar-refractivity contribution in [2.75, 3.05) is 13.2 Å². The molecule has 0 spiro atoms. The molecule has 6 heteroatoms. The van der Waals surface area contributed by atoms with E-state index in [1.165, 1.54) is 11.3 Å². The summed E-state index contributed by atoms with van der Waals surface area (Å²) in [6.07, 6.45) is 3.00. The van der Waals surface area contributed by atoms with Crippen LogP contribution in [0.5, 0.6) is 0 Å². The van der Waals surface area contributed by atoms with E-state index in [1.807, 2.05) is 25.1 Å². The van der Waals surface area contributed by atoms with Gasteiger partial charge in [0.15, 0.2) is 0 Å². The van der Waals surface area contributed by atoms with Crippen molar-refractivity contribution >= 4 is 17.2 Å². The molecule has 0 aromatic carbocycles. The fourth-order valence-corrected chi connectivity index (χ4v) is 3.89. The van der Waals surface area contributed by atoms with E-state index in [0.29, 0.717) is 18.0 Å². The highest BCUT2D eigenvalue weighted by Gasteiger charge is 2.20. The molecule has 1 aliphatic rings. The summed E-state index contributed by atoms with van der Waals surface area (Å²) in [5, 5.41) is 2.93. The number of nitrogens with one attached hydrogen (secondary N) is 1. The third-order valence-corrected chi connectivity index (χ3v) is 5.39. The molecule has 5 nitrogen and oxygen atoms in total. The molecule has 128 valence electrons. The SMILES string of the molecule is Cc1cccc(=O)n1CCCNC(=O)c1ccc([C@@H]2CCCO2)s1. The van der Waals surface area contributed by atoms with Crippen LogP contribution < -0.4 is 10.9 Å². The molecule has 1 atom stereocenters. The highest BCUT2D eigenvalue weighted by atomic mass is 32.1. The zero-order valence-electron chi connectivity index (χ0n) is 13.8. The van der Waals surface area contributed by atoms with Crippen LogP contribution in [0.15, 0.2) is 35.1 Å². The topological polar surface area (TPSA) is 60.3 Å². The fraction of sp³-hybridized carbons (Fsp3) is 0.444. The van der Waals surface area contributed by atoms with Crippen molar-refractivity contribution < 1.29 is 9.53 Å². The van der Waals surface area contributed by atoms with Crippen LogP contribution >= 0.6 is 11.3 Å². The van der Waals surface area contributed by atoms with Crippen molar-refractivity contribution in [2.45, 2.75) is 38.8 Å². The van der Waals surface area contributed by atoms with E-state index in [2.05, 4.69) is 5.32 Å². The molecule has 1 fully saturated rings. The molecule has 0 saturated carbocycles. The number of pyridine rings is 1. The first-order chi connectivity index (χ1) is 11.6. The van der Waals surface area contributed by atoms with Gasteiger partial charge in [-0.1, -0.05) is 6.07 Å². The summed E-state index contributed by atoms with van der Waals surface area (Å²) in [7, 11) is 0. The monoisotopic (exact) mass is 346 g/mol. The van der Waals surface area contributed by atoms with Crippen molar-refractivity contribution in [3.05, 3.63) is 56.1 Å². The Morgan fingerprint density at radius 1 is 1.38 bits per heavy atom. The van der Waals surface area contributed by atoms with Gasteiger partial charge in [-0.15, -0.1) is 11.3 Å². The first kappa shape index (κ1) is 16.9. The van der Waals surface area contributed by atoms with Gasteiger partial charge in [-0.25, -0.2) is 0 Å². The standard InChI is InChI=1S/C18H22N2O3S/c1-13-5-2-7-17(21)20(13)11-4-10-19-18(22)16-9-8-15(24-16)14-6-3-12-23-14/h2,5,7-9,14H,3-4,6,10-12H2,1H3,(H,19,22)/t14-/m0/s1. The Kier molecular flexibility index (Phi) is 5.48. The summed E-state index contributed by atoms with van der Waals surface area (Å²) < 4.78 is 7.38. The third kappa shape index (κ3) is 3.94. The second-order valence-corrected chi connectivity index (χ2v) is 7.09. The molecule has 3 heterocycles. The molecule has 1 saturated heterocycles. The summed E-state index contributed by atoms with van der Waals surface area (Å²) in [5.74, 6) is -0.0543. The Bertz CT molecular complexity index is 760. The number of rotatable bonds is 6. The molecular formula is C18H22N2O3S. The van der Waals surface area contributed by atoms with Gasteiger partial charge in [0.25, 0.3) is 11.5 Å². The zero-order chi connectivity index (χ0) is 16.9. The van der Waals surface area contributed by atoms with E-state index < -0.39 is 0 Å². The van der Waals surface area contributed by atoms with E-state index in [0.717, 1.165) is 36.4 Å². The lowest BCUT2D eigenvalue weighted by atomic mass is 10.2. The Morgan fingerprint density at radius 3 is 3.00 bits per heavy atom. The maximum Gasteiger partial charge on any atom is 0.261 e. The minimum Gasteiger partial charge on any atom is -0.373 e. The Balaban J connectivity index is 1.48. The summed E-state index contributed by atoms with van der Waals surface area (Å²) >= 11 is 1.51. The van der Waals surface area contributed by atoms with E-state index in [4.69, 9.17) is 4.74 Å². The van der Waals surface area contributed by atoms with E-state index >= 15 is 0 Å². The van der Waals surface area contributed by atoms with Crippen molar-refractivity contribution in [2.24, 2.45) is 0 Å². The highest BCUT2D eigenvalue weighted by Crippen LogP contribution is 2.33. The molecule has 1 aliphatic heterocycles. The Morgan fingerprint density at radius 2 is 2.25 bits per heavy atom. The van der Waals surface area contributed by atoms with Crippen LogP contribution in [0.3, 0.4) is 0 Å². The zero-order valence-corrected chi connectivity index (χ0v) is 14.6. The molecule has 0 aliphatic carbocycles. The van der Waals surface area contributed by atoms with Crippen molar-refractivity contribution in [1.82, 2.24) is 9.88 Å². The van der Waals surface area contributed by atoms with Crippen LogP contribution in [-0.4, -0.2) is 23.6 Å². The van der Waals surface area contributed by atoms with Crippen LogP contribution in [0, 0.1) is 6.92 Å². The Labute approximate surface area is 145 Å². The number of aryl methyl sites for hydroxylation is 1. The largest absolute Gasteiger partial charge is 0.373 e. The van der Waals surface area contributed by atoms with Crippen LogP contribution in [0.2, 0.25) is 0 Å². The van der Waals surface area contributed by atoms with Gasteiger partial charge in [0.05, 0.1) is 11.0 Å². The summed E-state index contributed by atoms with van der Waals surface area (Å²) in [5.41, 5.74) is 0.939. The number of nitrogens with zero attached hydrogens (tertiary/aromatic N) is 1. The second kappa shape index (κ2) is 7.77. The van der Waals surface area contributed by atoms with E-state index in [-0.39, 0.29) is 17.6 Å². The first-order valence-corrected chi connectivity index (χ1v) is 9.13. The molecule has 0 bridgehead atoms. The van der Waals surface area contributed by atoms with Gasteiger partial charge in [0.1, 0.15) is 0 Å². The predicted molar refractivity (Wildman–Crippen MR) is 94.6 cm³/mol. The average Bonchev–Trinajstić information content (AvgIpc) is 3.24. The molecule has 1 N–H and O–H groups in total. The number of ether oxygens (including phenoxy) is 1. The smallest absolute Gasteiger partial charge is 0.261 e. The lowest BCUT2D eigenvalue weighted by Gasteiger charge is -2.09. The Hall–Kier alpha value is -1.92. The summed E-state index contributed by atoms with van der Waals surface area (Å²) in [4.78, 5) is 25.8. The molecule has 3 rings (SSSR count). The summed E-state index contributed by atoms with van der Waals surface area (Å²) in [6, 6.07) is 9.09. The minimum absolute atomic E-state index is 0.000730. The molecule has 2 aromatic rings. The quantitative estimate of drug-likeness (QED) is 0.818. The number of carbonyl (C=O) groups excluding carboxylic acids is 1. The average molecular weight is 346 g/mol. The van der Waals surface area contributed by atoms with Crippen LogP contribution in [0.25, 0.3) is 0 Å². The van der Waals surface area contributed by atoms with Gasteiger partial charge in [-0.05, 0) is 44.4 Å². The third-order valence-electron chi connectivity index (χ3n) is 4.21. The number of thiophene rings is 1. The van der Waals surface area contributed by atoms with Gasteiger partial charge in [0.2, 0.25) is 0 Å². The van der Waals surface area contributed by atoms with E-state index in [1.54, 1.807) is 16.7 Å². The number of amides is 1. The lowest BCUT2D eigenvalue weighted by molar-refractivity contribution is 0.0957. The van der Waals surface area contributed by atoms with Gasteiger partial charge < -0.3 is 14.6 Å². The van der Waals surface area contributed by atoms with Crippen molar-refractivity contribution in [3.8, 4) is 0 Å². The maximum absolute atomic E-state index is 12.2. The van der Waals surface area contributed by atoms with Crippen LogP contribution in [0.4, 0.5) is 0 Å². The number of hydrogen-bond donors (Lipinski definition) is 1. The van der Waals surface area contributed by atoms with Gasteiger partial charge in [-0.2, -0.15) is 0 Å². The molecule has 24 heavy (non-hydrogen) atoms. The lowest BCUT2D eigenvalue weighted by Crippen LogP contribution is -2.27. The minimum atomic E-state index is -0.0543. The summed E-state index contributed by atoms with van der Waals surface area (Å²) in [6.45, 7) is 3.88. The van der Waals surface area contributed by atoms with Crippen molar-refractivity contribution in [3.63, 3.8) is 0 Å². The molecule has 2 aromatic heterocycles. The first-order valence-electron chi connectivity index (χ1n) is 8.31. The molecule has 1 amide bonds. The van der Waals surface area contributed by atoms with E-state index in [9.17, 15) is 9.59 Å². The maximum atomic E-state index is 12.2. The molecule has 0 unspecified atom stereocenters. The number of carbonyl (C=O) groups is 1. The van der Waals surface area contributed by atoms with Crippen LogP contribution in [-0.2, 0) is 11.3 Å². The predicted octanol–water partition coefficient (Wildman–Crippen LogP) is 2.89. The highest BCUT2D eigenvalue weighted by molar-refractivity contribution is 7.14. The normalized spacial score (nSPS) is 17.1. The van der Waals surface area contributed by atoms with Crippen molar-refractivity contribution in [1.29, 1.82) is 0 Å². The van der Waals surface area contributed by atoms with Crippen LogP contribution in [0.1, 0.15) is 45.6 Å². The number of hydrogen-bond acceptors (Lipinski definition) is 4. The molecule has 0 radical (unpaired) electrons.